The van der Waals surface area contributed by atoms with Crippen LogP contribution < -0.4 is 5.32 Å². The van der Waals surface area contributed by atoms with Crippen LogP contribution in [-0.4, -0.2) is 17.7 Å². The number of nitrogens with one attached hydrogen (secondary N) is 1. The van der Waals surface area contributed by atoms with Crippen molar-refractivity contribution in [2.24, 2.45) is 0 Å². The van der Waals surface area contributed by atoms with Gasteiger partial charge in [0.25, 0.3) is 0 Å². The molecule has 1 aliphatic heterocycles. The lowest BCUT2D eigenvalue weighted by Crippen LogP contribution is -2.46. The van der Waals surface area contributed by atoms with E-state index in [1.807, 2.05) is 24.3 Å². The highest BCUT2D eigenvalue weighted by Crippen LogP contribution is 2.44. The monoisotopic (exact) mass is 405 g/mol. The Morgan fingerprint density at radius 3 is 1.52 bits per heavy atom. The van der Waals surface area contributed by atoms with Gasteiger partial charge in [-0.05, 0) is 52.8 Å². The highest BCUT2D eigenvalue weighted by Gasteiger charge is 2.44. The van der Waals surface area contributed by atoms with Gasteiger partial charge in [0, 0.05) is 6.04 Å². The zero-order valence-electron chi connectivity index (χ0n) is 17.5. The molecule has 2 nitrogen and oxygen atoms in total. The second kappa shape index (κ2) is 8.50. The fourth-order valence-electron chi connectivity index (χ4n) is 4.93. The molecule has 1 atom stereocenters. The van der Waals surface area contributed by atoms with E-state index in [-0.39, 0.29) is 6.04 Å². The fourth-order valence-corrected chi connectivity index (χ4v) is 4.93. The topological polar surface area (TPSA) is 32.3 Å². The minimum Gasteiger partial charge on any atom is -0.379 e. The van der Waals surface area contributed by atoms with Crippen LogP contribution in [0.5, 0.6) is 0 Å². The summed E-state index contributed by atoms with van der Waals surface area (Å²) in [6.07, 6.45) is 2.00. The van der Waals surface area contributed by atoms with Crippen molar-refractivity contribution in [1.29, 1.82) is 0 Å². The molecule has 4 aromatic rings. The second-order valence-electron chi connectivity index (χ2n) is 8.24. The van der Waals surface area contributed by atoms with Gasteiger partial charge in [-0.3, -0.25) is 0 Å². The lowest BCUT2D eigenvalue weighted by atomic mass is 9.74. The molecule has 31 heavy (non-hydrogen) atoms. The summed E-state index contributed by atoms with van der Waals surface area (Å²) in [5, 5.41) is 16.3. The fraction of sp³-hybridized carbons (Fsp3) is 0.172. The standard InChI is InChI=1S/C29H27NO/c31-29(28-20-11-21-30-28,26-18-9-7-16-24(26)22-12-3-1-4-13-22)27-19-10-8-17-25(27)23-14-5-2-6-15-23/h1-10,12-19,28,30-31H,11,20-21H2/t28-/m0/s1. The summed E-state index contributed by atoms with van der Waals surface area (Å²) in [5.74, 6) is 0. The molecular weight excluding hydrogens is 378 g/mol. The van der Waals surface area contributed by atoms with E-state index in [1.165, 1.54) is 0 Å². The number of hydrogen-bond acceptors (Lipinski definition) is 2. The maximum atomic E-state index is 12.7. The van der Waals surface area contributed by atoms with Crippen LogP contribution in [0.25, 0.3) is 22.3 Å². The highest BCUT2D eigenvalue weighted by molar-refractivity contribution is 5.74. The first kappa shape index (κ1) is 19.7. The van der Waals surface area contributed by atoms with Crippen molar-refractivity contribution in [2.45, 2.75) is 24.5 Å². The zero-order chi connectivity index (χ0) is 21.1. The third kappa shape index (κ3) is 3.59. The highest BCUT2D eigenvalue weighted by atomic mass is 16.3. The molecule has 2 N–H and O–H groups in total. The van der Waals surface area contributed by atoms with Gasteiger partial charge >= 0.3 is 0 Å². The van der Waals surface area contributed by atoms with E-state index in [1.54, 1.807) is 0 Å². The minimum absolute atomic E-state index is 0.0535. The maximum absolute atomic E-state index is 12.7. The lowest BCUT2D eigenvalue weighted by Gasteiger charge is -2.38. The Kier molecular flexibility index (Phi) is 5.42. The van der Waals surface area contributed by atoms with Crippen LogP contribution in [0.3, 0.4) is 0 Å². The molecule has 0 saturated carbocycles. The smallest absolute Gasteiger partial charge is 0.131 e. The van der Waals surface area contributed by atoms with E-state index in [0.717, 1.165) is 52.8 Å². The molecule has 0 aliphatic carbocycles. The van der Waals surface area contributed by atoms with Gasteiger partial charge in [-0.15, -0.1) is 0 Å². The molecule has 2 heteroatoms. The van der Waals surface area contributed by atoms with Crippen molar-refractivity contribution in [3.05, 3.63) is 120 Å². The van der Waals surface area contributed by atoms with Gasteiger partial charge in [-0.2, -0.15) is 0 Å². The quantitative estimate of drug-likeness (QED) is 0.426. The molecule has 1 fully saturated rings. The van der Waals surface area contributed by atoms with Crippen molar-refractivity contribution in [3.8, 4) is 22.3 Å². The Balaban J connectivity index is 1.77. The summed E-state index contributed by atoms with van der Waals surface area (Å²) >= 11 is 0. The van der Waals surface area contributed by atoms with Crippen LogP contribution in [0.15, 0.2) is 109 Å². The van der Waals surface area contributed by atoms with Gasteiger partial charge in [-0.25, -0.2) is 0 Å². The van der Waals surface area contributed by atoms with Crippen molar-refractivity contribution < 1.29 is 5.11 Å². The molecule has 154 valence electrons. The summed E-state index contributed by atoms with van der Waals surface area (Å²) in [5.41, 5.74) is 5.12. The Morgan fingerprint density at radius 2 is 1.06 bits per heavy atom. The molecule has 1 heterocycles. The van der Waals surface area contributed by atoms with Crippen LogP contribution in [-0.2, 0) is 5.60 Å². The summed E-state index contributed by atoms with van der Waals surface area (Å²) in [7, 11) is 0. The molecule has 0 radical (unpaired) electrons. The molecule has 5 rings (SSSR count). The predicted octanol–water partition coefficient (Wildman–Crippen LogP) is 6.01. The zero-order valence-corrected chi connectivity index (χ0v) is 17.5. The molecular formula is C29H27NO. The van der Waals surface area contributed by atoms with Gasteiger partial charge in [0.05, 0.1) is 0 Å². The number of hydrogen-bond donors (Lipinski definition) is 2. The minimum atomic E-state index is -1.16. The average molecular weight is 406 g/mol. The molecule has 0 unspecified atom stereocenters. The van der Waals surface area contributed by atoms with Gasteiger partial charge in [0.2, 0.25) is 0 Å². The van der Waals surface area contributed by atoms with E-state index in [0.29, 0.717) is 0 Å². The van der Waals surface area contributed by atoms with E-state index < -0.39 is 5.60 Å². The van der Waals surface area contributed by atoms with Gasteiger partial charge in [0.1, 0.15) is 5.60 Å². The first-order valence-corrected chi connectivity index (χ1v) is 11.0. The van der Waals surface area contributed by atoms with Crippen molar-refractivity contribution in [1.82, 2.24) is 5.32 Å². The van der Waals surface area contributed by atoms with Crippen LogP contribution in [0, 0.1) is 0 Å². The summed E-state index contributed by atoms with van der Waals surface area (Å²) in [6.45, 7) is 0.925. The molecule has 0 amide bonds. The molecule has 0 aromatic heterocycles. The Labute approximate surface area is 184 Å². The molecule has 4 aromatic carbocycles. The van der Waals surface area contributed by atoms with Crippen molar-refractivity contribution in [3.63, 3.8) is 0 Å². The predicted molar refractivity (Wildman–Crippen MR) is 128 cm³/mol. The van der Waals surface area contributed by atoms with E-state index >= 15 is 0 Å². The Hall–Kier alpha value is -3.20. The van der Waals surface area contributed by atoms with E-state index in [2.05, 4.69) is 90.2 Å². The lowest BCUT2D eigenvalue weighted by molar-refractivity contribution is 0.0453. The first-order chi connectivity index (χ1) is 15.3. The van der Waals surface area contributed by atoms with Crippen LogP contribution in [0.4, 0.5) is 0 Å². The Bertz CT molecular complexity index is 1060. The average Bonchev–Trinajstić information content (AvgIpc) is 3.40. The number of benzene rings is 4. The second-order valence-corrected chi connectivity index (χ2v) is 8.24. The van der Waals surface area contributed by atoms with Gasteiger partial charge in [0.15, 0.2) is 0 Å². The number of rotatable bonds is 5. The maximum Gasteiger partial charge on any atom is 0.131 e. The first-order valence-electron chi connectivity index (χ1n) is 11.0. The Morgan fingerprint density at radius 1 is 0.613 bits per heavy atom. The van der Waals surface area contributed by atoms with Crippen molar-refractivity contribution in [2.75, 3.05) is 6.54 Å². The largest absolute Gasteiger partial charge is 0.379 e. The SMILES string of the molecule is OC(c1ccccc1-c1ccccc1)(c1ccccc1-c1ccccc1)[C@@H]1CCCN1. The van der Waals surface area contributed by atoms with Crippen molar-refractivity contribution >= 4 is 0 Å². The summed E-state index contributed by atoms with van der Waals surface area (Å²) in [6, 6.07) is 37.3. The van der Waals surface area contributed by atoms with Crippen LogP contribution in [0.1, 0.15) is 24.0 Å². The summed E-state index contributed by atoms with van der Waals surface area (Å²) in [4.78, 5) is 0. The molecule has 0 bridgehead atoms. The molecule has 1 aliphatic rings. The summed E-state index contributed by atoms with van der Waals surface area (Å²) < 4.78 is 0. The van der Waals surface area contributed by atoms with Gasteiger partial charge in [-0.1, -0.05) is 109 Å². The van der Waals surface area contributed by atoms with E-state index in [9.17, 15) is 5.11 Å². The third-order valence-corrected chi connectivity index (χ3v) is 6.41. The van der Waals surface area contributed by atoms with Crippen LogP contribution >= 0.6 is 0 Å². The molecule has 0 spiro atoms. The molecule has 1 saturated heterocycles. The van der Waals surface area contributed by atoms with E-state index in [4.69, 9.17) is 0 Å². The van der Waals surface area contributed by atoms with Gasteiger partial charge < -0.3 is 10.4 Å². The third-order valence-electron chi connectivity index (χ3n) is 6.41. The normalized spacial score (nSPS) is 16.4. The number of aliphatic hydroxyl groups is 1. The van der Waals surface area contributed by atoms with Crippen LogP contribution in [0.2, 0.25) is 0 Å².